The molecule has 3 aromatic rings. The molecule has 2 aromatic heterocycles. The molecule has 4 heterocycles. The van der Waals surface area contributed by atoms with Crippen LogP contribution >= 0.6 is 11.8 Å². The zero-order valence-electron chi connectivity index (χ0n) is 29.4. The molecule has 2 fully saturated rings. The van der Waals surface area contributed by atoms with Crippen LogP contribution in [0.2, 0.25) is 0 Å². The molecular weight excluding hydrogens is 627 g/mol. The Morgan fingerprint density at radius 3 is 2.40 bits per heavy atom. The van der Waals surface area contributed by atoms with Crippen molar-refractivity contribution in [3.05, 3.63) is 63.2 Å². The lowest BCUT2D eigenvalue weighted by molar-refractivity contribution is -0.123. The number of benzene rings is 1. The number of H-pyrrole nitrogens is 1. The number of hydrogen-bond acceptors (Lipinski definition) is 9. The van der Waals surface area contributed by atoms with Gasteiger partial charge in [0.05, 0.1) is 12.2 Å². The third-order valence-corrected chi connectivity index (χ3v) is 11.0. The number of aryl methyl sites for hydroxylation is 1. The van der Waals surface area contributed by atoms with Gasteiger partial charge in [0.15, 0.2) is 11.5 Å². The van der Waals surface area contributed by atoms with Crippen LogP contribution in [0.15, 0.2) is 40.2 Å². The fraction of sp³-hybridized carbons (Fsp3) is 0.541. The largest absolute Gasteiger partial charge is 0.448 e. The summed E-state index contributed by atoms with van der Waals surface area (Å²) in [6.45, 7) is 11.6. The van der Waals surface area contributed by atoms with E-state index in [0.29, 0.717) is 34.2 Å². The van der Waals surface area contributed by atoms with Gasteiger partial charge in [-0.25, -0.2) is 4.98 Å². The molecule has 0 spiro atoms. The molecule has 3 aliphatic rings. The number of hydrogen-bond donors (Lipinski definition) is 2. The highest BCUT2D eigenvalue weighted by Gasteiger charge is 2.47. The number of amides is 1. The second-order valence-corrected chi connectivity index (χ2v) is 14.9. The van der Waals surface area contributed by atoms with Gasteiger partial charge in [-0.2, -0.15) is 0 Å². The number of aromatic amines is 1. The quantitative estimate of drug-likeness (QED) is 0.281. The molecule has 1 aromatic carbocycles. The van der Waals surface area contributed by atoms with Crippen molar-refractivity contribution in [2.24, 2.45) is 5.92 Å². The maximum absolute atomic E-state index is 13.9. The molecule has 3 atom stereocenters. The van der Waals surface area contributed by atoms with Gasteiger partial charge in [-0.15, -0.1) is 11.8 Å². The highest BCUT2D eigenvalue weighted by molar-refractivity contribution is 7.98. The lowest BCUT2D eigenvalue weighted by Crippen LogP contribution is -2.46. The van der Waals surface area contributed by atoms with Crippen LogP contribution in [0.1, 0.15) is 73.6 Å². The molecule has 1 amide bonds. The Morgan fingerprint density at radius 2 is 1.77 bits per heavy atom. The van der Waals surface area contributed by atoms with Gasteiger partial charge in [-0.1, -0.05) is 0 Å². The number of aromatic nitrogens is 2. The van der Waals surface area contributed by atoms with Crippen LogP contribution in [0.25, 0.3) is 11.1 Å². The molecule has 10 nitrogen and oxygen atoms in total. The Morgan fingerprint density at radius 1 is 1.08 bits per heavy atom. The highest BCUT2D eigenvalue weighted by Crippen LogP contribution is 2.53. The van der Waals surface area contributed by atoms with Gasteiger partial charge >= 0.3 is 0 Å². The maximum Gasteiger partial charge on any atom is 0.254 e. The summed E-state index contributed by atoms with van der Waals surface area (Å²) in [5.41, 5.74) is 3.90. The maximum atomic E-state index is 13.9. The van der Waals surface area contributed by atoms with Gasteiger partial charge in [0.25, 0.3) is 17.3 Å². The lowest BCUT2D eigenvalue weighted by atomic mass is 9.81. The Kier molecular flexibility index (Phi) is 9.84. The van der Waals surface area contributed by atoms with Crippen LogP contribution < -0.4 is 25.2 Å². The standard InChI is InChI=1S/C37H49N5O5S/c1-21-15-31(48-8)30(36(44)40-21)18-39-35(43)28-16-29(25-9-14-32(38-17-25)42-19-22(2)45-23(3)20-42)34-33(24(28)4)46-37(5,47-34)26-10-12-27(13-11-26)41(6)7/h9,14-17,22-23,26-27H,10-13,18-20H2,1-8H3,(H,39,43)(H,40,44)/t22-,23+,26?,27?,37?. The van der Waals surface area contributed by atoms with E-state index >= 15 is 0 Å². The number of rotatable bonds is 8. The Balaban J connectivity index is 1.34. The highest BCUT2D eigenvalue weighted by atomic mass is 32.2. The van der Waals surface area contributed by atoms with Gasteiger partial charge in [-0.3, -0.25) is 9.59 Å². The SMILES string of the molecule is CSc1cc(C)[nH]c(=O)c1CNC(=O)c1cc(-c2ccc(N3C[C@@H](C)O[C@@H](C)C3)nc2)c2c(c1C)OC(C)(C1CCC(N(C)C)CC1)O2. The second-order valence-electron chi connectivity index (χ2n) is 14.0. The molecule has 0 radical (unpaired) electrons. The van der Waals surface area contributed by atoms with Crippen molar-refractivity contribution in [3.63, 3.8) is 0 Å². The number of morpholine rings is 1. The van der Waals surface area contributed by atoms with Crippen LogP contribution in [-0.4, -0.2) is 78.3 Å². The fourth-order valence-corrected chi connectivity index (χ4v) is 8.22. The average molecular weight is 676 g/mol. The summed E-state index contributed by atoms with van der Waals surface area (Å²) in [4.78, 5) is 39.8. The summed E-state index contributed by atoms with van der Waals surface area (Å²) >= 11 is 1.49. The molecule has 0 bridgehead atoms. The minimum absolute atomic E-state index is 0.104. The van der Waals surface area contributed by atoms with Crippen molar-refractivity contribution in [2.45, 2.75) is 95.8 Å². The summed E-state index contributed by atoms with van der Waals surface area (Å²) in [5.74, 6) is 1.18. The predicted octanol–water partition coefficient (Wildman–Crippen LogP) is 5.93. The van der Waals surface area contributed by atoms with E-state index in [1.807, 2.05) is 57.5 Å². The van der Waals surface area contributed by atoms with Crippen molar-refractivity contribution in [1.82, 2.24) is 20.2 Å². The summed E-state index contributed by atoms with van der Waals surface area (Å²) in [5, 5.41) is 3.01. The Labute approximate surface area is 287 Å². The van der Waals surface area contributed by atoms with E-state index in [-0.39, 0.29) is 36.1 Å². The Hall–Kier alpha value is -3.54. The third kappa shape index (κ3) is 6.82. The number of carbonyl (C=O) groups excluding carboxylic acids is 1. The Bertz CT molecular complexity index is 1710. The monoisotopic (exact) mass is 675 g/mol. The van der Waals surface area contributed by atoms with Crippen molar-refractivity contribution in [2.75, 3.05) is 38.3 Å². The van der Waals surface area contributed by atoms with E-state index in [1.54, 1.807) is 0 Å². The van der Waals surface area contributed by atoms with E-state index in [2.05, 4.69) is 48.0 Å². The fourth-order valence-electron chi connectivity index (χ4n) is 7.51. The molecule has 1 aliphatic carbocycles. The number of pyridine rings is 2. The number of carbonyl (C=O) groups is 1. The summed E-state index contributed by atoms with van der Waals surface area (Å²) in [6, 6.07) is 8.43. The lowest BCUT2D eigenvalue weighted by Gasteiger charge is -2.39. The minimum Gasteiger partial charge on any atom is -0.448 e. The molecule has 1 unspecified atom stereocenters. The molecule has 2 aliphatic heterocycles. The van der Waals surface area contributed by atoms with E-state index in [4.69, 9.17) is 19.2 Å². The van der Waals surface area contributed by atoms with Crippen LogP contribution in [0.4, 0.5) is 5.82 Å². The average Bonchev–Trinajstić information content (AvgIpc) is 3.43. The van der Waals surface area contributed by atoms with Gasteiger partial charge < -0.3 is 34.3 Å². The molecule has 1 saturated carbocycles. The number of anilines is 1. The van der Waals surface area contributed by atoms with Gasteiger partial charge in [-0.05, 0) is 98.0 Å². The van der Waals surface area contributed by atoms with Crippen LogP contribution in [-0.2, 0) is 11.3 Å². The topological polar surface area (TPSA) is 109 Å². The van der Waals surface area contributed by atoms with Crippen molar-refractivity contribution < 1.29 is 19.0 Å². The molecule has 6 rings (SSSR count). The third-order valence-electron chi connectivity index (χ3n) is 10.2. The van der Waals surface area contributed by atoms with E-state index in [0.717, 1.165) is 66.3 Å². The molecule has 11 heteroatoms. The minimum atomic E-state index is -0.857. The zero-order valence-corrected chi connectivity index (χ0v) is 30.3. The summed E-state index contributed by atoms with van der Waals surface area (Å²) in [7, 11) is 4.29. The van der Waals surface area contributed by atoms with Gasteiger partial charge in [0, 0.05) is 83.1 Å². The number of ether oxygens (including phenoxy) is 3. The van der Waals surface area contributed by atoms with Gasteiger partial charge in [0.2, 0.25) is 0 Å². The van der Waals surface area contributed by atoms with E-state index in [9.17, 15) is 9.59 Å². The molecule has 2 N–H and O–H groups in total. The predicted molar refractivity (Wildman–Crippen MR) is 190 cm³/mol. The van der Waals surface area contributed by atoms with Crippen molar-refractivity contribution >= 4 is 23.5 Å². The number of fused-ring (bicyclic) bond motifs is 1. The van der Waals surface area contributed by atoms with Crippen LogP contribution in [0.5, 0.6) is 11.5 Å². The number of nitrogens with zero attached hydrogens (tertiary/aromatic N) is 3. The number of nitrogens with one attached hydrogen (secondary N) is 2. The molecule has 48 heavy (non-hydrogen) atoms. The van der Waals surface area contributed by atoms with Crippen LogP contribution in [0, 0.1) is 19.8 Å². The summed E-state index contributed by atoms with van der Waals surface area (Å²) in [6.07, 6.45) is 8.16. The first-order valence-electron chi connectivity index (χ1n) is 17.0. The smallest absolute Gasteiger partial charge is 0.254 e. The molecule has 258 valence electrons. The van der Waals surface area contributed by atoms with Crippen molar-refractivity contribution in [1.29, 1.82) is 0 Å². The first kappa shape index (κ1) is 34.3. The normalized spacial score (nSPS) is 25.4. The number of thioether (sulfide) groups is 1. The molecule has 1 saturated heterocycles. The van der Waals surface area contributed by atoms with Gasteiger partial charge in [0.1, 0.15) is 5.82 Å². The zero-order chi connectivity index (χ0) is 34.3. The first-order chi connectivity index (χ1) is 22.9. The first-order valence-corrected chi connectivity index (χ1v) is 18.2. The molecular formula is C37H49N5O5S. The second kappa shape index (κ2) is 13.8. The summed E-state index contributed by atoms with van der Waals surface area (Å²) < 4.78 is 19.5. The van der Waals surface area contributed by atoms with Crippen molar-refractivity contribution in [3.8, 4) is 22.6 Å². The van der Waals surface area contributed by atoms with E-state index < -0.39 is 5.79 Å². The van der Waals surface area contributed by atoms with Crippen LogP contribution in [0.3, 0.4) is 0 Å². The van der Waals surface area contributed by atoms with E-state index in [1.165, 1.54) is 11.8 Å².